The van der Waals surface area contributed by atoms with E-state index in [2.05, 4.69) is 20.3 Å². The van der Waals surface area contributed by atoms with Gasteiger partial charge < -0.3 is 10.4 Å². The number of aliphatic hydroxyl groups is 1. The average molecular weight is 479 g/mol. The maximum absolute atomic E-state index is 14.4. The van der Waals surface area contributed by atoms with Gasteiger partial charge in [0.05, 0.1) is 21.9 Å². The summed E-state index contributed by atoms with van der Waals surface area (Å²) in [6.45, 7) is 6.64. The van der Waals surface area contributed by atoms with Crippen LogP contribution in [0.1, 0.15) is 48.2 Å². The number of ketones is 1. The van der Waals surface area contributed by atoms with Gasteiger partial charge in [0.25, 0.3) is 0 Å². The molecule has 0 atom stereocenters. The maximum atomic E-state index is 14.4. The molecule has 2 aromatic heterocycles. The average Bonchev–Trinajstić information content (AvgIpc) is 2.79. The van der Waals surface area contributed by atoms with Crippen LogP contribution in [0, 0.1) is 12.7 Å². The number of benzene rings is 2. The quantitative estimate of drug-likeness (QED) is 0.339. The Labute approximate surface area is 201 Å². The number of pyridine rings is 1. The smallest absolute Gasteiger partial charge is 0.159 e. The number of fused-ring (bicyclic) bond motifs is 1. The Bertz CT molecular complexity index is 1400. The van der Waals surface area contributed by atoms with E-state index in [1.807, 2.05) is 18.2 Å². The highest BCUT2D eigenvalue weighted by atomic mass is 35.5. The summed E-state index contributed by atoms with van der Waals surface area (Å²) in [5.41, 5.74) is 3.24. The highest BCUT2D eigenvalue weighted by molar-refractivity contribution is 6.35. The van der Waals surface area contributed by atoms with E-state index in [-0.39, 0.29) is 12.3 Å². The van der Waals surface area contributed by atoms with Crippen molar-refractivity contribution >= 4 is 34.0 Å². The number of nitrogens with zero attached hydrogens (tertiary/aromatic N) is 3. The summed E-state index contributed by atoms with van der Waals surface area (Å²) in [5.74, 6) is -0.213. The lowest BCUT2D eigenvalue weighted by molar-refractivity contribution is 0.0687. The fourth-order valence-electron chi connectivity index (χ4n) is 3.62. The standard InChI is InChI=1S/C26H24ClFN4O2/c1-14-23(27)24(29-11-18-9-16(15(2)33)5-7-21(18)28)20-10-17(6-8-22(20)32-14)19-12-30-25(31-13-19)26(3,4)34/h5-10,12-13,34H,11H2,1-4H3,(H,29,32). The molecular formula is C26H24ClFN4O2. The summed E-state index contributed by atoms with van der Waals surface area (Å²) in [4.78, 5) is 24.8. The summed E-state index contributed by atoms with van der Waals surface area (Å²) in [6, 6.07) is 10.0. The number of aromatic nitrogens is 3. The van der Waals surface area contributed by atoms with Gasteiger partial charge in [0.2, 0.25) is 0 Å². The third kappa shape index (κ3) is 4.76. The van der Waals surface area contributed by atoms with Gasteiger partial charge in [-0.05, 0) is 63.6 Å². The van der Waals surface area contributed by atoms with Crippen LogP contribution in [0.15, 0.2) is 48.8 Å². The second kappa shape index (κ2) is 9.08. The van der Waals surface area contributed by atoms with Crippen molar-refractivity contribution in [1.82, 2.24) is 15.0 Å². The molecular weight excluding hydrogens is 455 g/mol. The van der Waals surface area contributed by atoms with Gasteiger partial charge in [-0.15, -0.1) is 0 Å². The molecule has 4 rings (SSSR count). The van der Waals surface area contributed by atoms with Crippen LogP contribution in [0.2, 0.25) is 5.02 Å². The molecule has 2 N–H and O–H groups in total. The number of aryl methyl sites for hydroxylation is 1. The van der Waals surface area contributed by atoms with Crippen LogP contribution >= 0.6 is 11.6 Å². The SMILES string of the molecule is CC(=O)c1ccc(F)c(CNc2c(Cl)c(C)nc3ccc(-c4cnc(C(C)(C)O)nc4)cc23)c1. The van der Waals surface area contributed by atoms with Gasteiger partial charge in [-0.25, -0.2) is 14.4 Å². The van der Waals surface area contributed by atoms with Crippen molar-refractivity contribution in [2.24, 2.45) is 0 Å². The minimum atomic E-state index is -1.14. The number of hydrogen-bond donors (Lipinski definition) is 2. The Morgan fingerprint density at radius 2 is 1.82 bits per heavy atom. The van der Waals surface area contributed by atoms with Crippen LogP contribution in [0.25, 0.3) is 22.0 Å². The molecule has 0 radical (unpaired) electrons. The Morgan fingerprint density at radius 1 is 1.12 bits per heavy atom. The number of carbonyl (C=O) groups is 1. The number of anilines is 1. The minimum absolute atomic E-state index is 0.132. The molecule has 0 bridgehead atoms. The van der Waals surface area contributed by atoms with Crippen molar-refractivity contribution < 1.29 is 14.3 Å². The molecule has 34 heavy (non-hydrogen) atoms. The van der Waals surface area contributed by atoms with E-state index in [1.165, 1.54) is 19.1 Å². The Balaban J connectivity index is 1.74. The predicted molar refractivity (Wildman–Crippen MR) is 131 cm³/mol. The van der Waals surface area contributed by atoms with Gasteiger partial charge in [-0.1, -0.05) is 17.7 Å². The lowest BCUT2D eigenvalue weighted by Gasteiger charge is -2.16. The Hall–Kier alpha value is -3.42. The molecule has 0 saturated heterocycles. The molecule has 0 aliphatic rings. The third-order valence-corrected chi connectivity index (χ3v) is 5.99. The topological polar surface area (TPSA) is 88.0 Å². The first-order valence-corrected chi connectivity index (χ1v) is 11.1. The zero-order valence-electron chi connectivity index (χ0n) is 19.3. The fraction of sp³-hybridized carbons (Fsp3) is 0.231. The van der Waals surface area contributed by atoms with Crippen molar-refractivity contribution in [2.75, 3.05) is 5.32 Å². The maximum Gasteiger partial charge on any atom is 0.159 e. The second-order valence-electron chi connectivity index (χ2n) is 8.69. The molecule has 174 valence electrons. The molecule has 0 unspecified atom stereocenters. The number of nitrogens with one attached hydrogen (secondary N) is 1. The first kappa shape index (κ1) is 23.7. The lowest BCUT2D eigenvalue weighted by Crippen LogP contribution is -2.19. The molecule has 0 spiro atoms. The Morgan fingerprint density at radius 3 is 2.47 bits per heavy atom. The van der Waals surface area contributed by atoms with E-state index in [9.17, 15) is 14.3 Å². The molecule has 2 aromatic carbocycles. The van der Waals surface area contributed by atoms with E-state index in [0.717, 1.165) is 22.0 Å². The van der Waals surface area contributed by atoms with Crippen molar-refractivity contribution in [2.45, 2.75) is 39.8 Å². The van der Waals surface area contributed by atoms with Crippen molar-refractivity contribution in [3.8, 4) is 11.1 Å². The molecule has 0 aliphatic carbocycles. The molecule has 0 aliphatic heterocycles. The molecule has 6 nitrogen and oxygen atoms in total. The van der Waals surface area contributed by atoms with Gasteiger partial charge in [0.1, 0.15) is 11.4 Å². The van der Waals surface area contributed by atoms with Crippen molar-refractivity contribution in [1.29, 1.82) is 0 Å². The Kier molecular flexibility index (Phi) is 6.34. The van der Waals surface area contributed by atoms with Crippen LogP contribution in [0.4, 0.5) is 10.1 Å². The van der Waals surface area contributed by atoms with E-state index in [4.69, 9.17) is 11.6 Å². The highest BCUT2D eigenvalue weighted by Gasteiger charge is 2.19. The zero-order valence-corrected chi connectivity index (χ0v) is 20.0. The molecule has 8 heteroatoms. The van der Waals surface area contributed by atoms with Crippen LogP contribution in [0.5, 0.6) is 0 Å². The van der Waals surface area contributed by atoms with Crippen molar-refractivity contribution in [3.63, 3.8) is 0 Å². The fourth-order valence-corrected chi connectivity index (χ4v) is 3.83. The first-order chi connectivity index (χ1) is 16.0. The van der Waals surface area contributed by atoms with Crippen LogP contribution in [-0.4, -0.2) is 25.8 Å². The number of rotatable bonds is 6. The van der Waals surface area contributed by atoms with Gasteiger partial charge in [0, 0.05) is 41.0 Å². The molecule has 0 amide bonds. The van der Waals surface area contributed by atoms with E-state index < -0.39 is 11.4 Å². The largest absolute Gasteiger partial charge is 0.382 e. The number of hydrogen-bond acceptors (Lipinski definition) is 6. The number of carbonyl (C=O) groups excluding carboxylic acids is 1. The minimum Gasteiger partial charge on any atom is -0.382 e. The molecule has 0 saturated carbocycles. The van der Waals surface area contributed by atoms with E-state index in [0.29, 0.717) is 33.4 Å². The van der Waals surface area contributed by atoms with Crippen LogP contribution in [-0.2, 0) is 12.1 Å². The van der Waals surface area contributed by atoms with Crippen molar-refractivity contribution in [3.05, 3.63) is 82.3 Å². The summed E-state index contributed by atoms with van der Waals surface area (Å²) in [5, 5.41) is 14.5. The zero-order chi connectivity index (χ0) is 24.6. The van der Waals surface area contributed by atoms with Gasteiger partial charge in [-0.3, -0.25) is 9.78 Å². The van der Waals surface area contributed by atoms with Gasteiger partial charge in [0.15, 0.2) is 11.6 Å². The summed E-state index contributed by atoms with van der Waals surface area (Å²) in [7, 11) is 0. The summed E-state index contributed by atoms with van der Waals surface area (Å²) < 4.78 is 14.4. The first-order valence-electron chi connectivity index (χ1n) is 10.7. The lowest BCUT2D eigenvalue weighted by atomic mass is 10.0. The summed E-state index contributed by atoms with van der Waals surface area (Å²) in [6.07, 6.45) is 3.31. The third-order valence-electron chi connectivity index (χ3n) is 5.53. The molecule has 4 aromatic rings. The predicted octanol–water partition coefficient (Wildman–Crippen LogP) is 5.83. The molecule has 2 heterocycles. The highest BCUT2D eigenvalue weighted by Crippen LogP contribution is 2.35. The van der Waals surface area contributed by atoms with Crippen LogP contribution < -0.4 is 5.32 Å². The normalized spacial score (nSPS) is 11.6. The molecule has 0 fully saturated rings. The van der Waals surface area contributed by atoms with E-state index in [1.54, 1.807) is 39.2 Å². The van der Waals surface area contributed by atoms with Gasteiger partial charge in [-0.2, -0.15) is 0 Å². The number of Topliss-reactive ketones (excluding diaryl/α,β-unsaturated/α-hetero) is 1. The van der Waals surface area contributed by atoms with Crippen LogP contribution in [0.3, 0.4) is 0 Å². The monoisotopic (exact) mass is 478 g/mol. The second-order valence-corrected chi connectivity index (χ2v) is 9.07. The van der Waals surface area contributed by atoms with Gasteiger partial charge >= 0.3 is 0 Å². The number of halogens is 2. The summed E-state index contributed by atoms with van der Waals surface area (Å²) >= 11 is 6.60. The van der Waals surface area contributed by atoms with E-state index >= 15 is 0 Å².